The van der Waals surface area contributed by atoms with E-state index in [1.807, 2.05) is 6.92 Å². The van der Waals surface area contributed by atoms with Gasteiger partial charge in [0.25, 0.3) is 0 Å². The van der Waals surface area contributed by atoms with Crippen LogP contribution >= 0.6 is 0 Å². The normalized spacial score (nSPS) is 12.2. The van der Waals surface area contributed by atoms with Gasteiger partial charge >= 0.3 is 5.97 Å². The number of aryl methyl sites for hydroxylation is 1. The SMILES string of the molecule is CC(=O)c1ccc(C(C)C(=O)O)cc1C. The minimum Gasteiger partial charge on any atom is -0.481 e. The van der Waals surface area contributed by atoms with Crippen LogP contribution < -0.4 is 0 Å². The summed E-state index contributed by atoms with van der Waals surface area (Å²) in [5, 5.41) is 8.84. The van der Waals surface area contributed by atoms with Crippen molar-refractivity contribution in [2.75, 3.05) is 0 Å². The zero-order valence-corrected chi connectivity index (χ0v) is 9.07. The average Bonchev–Trinajstić information content (AvgIpc) is 2.15. The first-order valence-electron chi connectivity index (χ1n) is 4.77. The summed E-state index contributed by atoms with van der Waals surface area (Å²) in [7, 11) is 0. The second kappa shape index (κ2) is 4.26. The first-order chi connectivity index (χ1) is 6.93. The van der Waals surface area contributed by atoms with E-state index in [0.29, 0.717) is 5.56 Å². The molecule has 0 amide bonds. The standard InChI is InChI=1S/C12H14O3/c1-7-6-10(8(2)12(14)15)4-5-11(7)9(3)13/h4-6,8H,1-3H3,(H,14,15). The highest BCUT2D eigenvalue weighted by atomic mass is 16.4. The second-order valence-electron chi connectivity index (χ2n) is 3.69. The smallest absolute Gasteiger partial charge is 0.310 e. The highest BCUT2D eigenvalue weighted by molar-refractivity contribution is 5.95. The molecule has 0 bridgehead atoms. The molecule has 1 aromatic rings. The Morgan fingerprint density at radius 1 is 1.33 bits per heavy atom. The van der Waals surface area contributed by atoms with Gasteiger partial charge in [-0.3, -0.25) is 9.59 Å². The van der Waals surface area contributed by atoms with Gasteiger partial charge in [0.15, 0.2) is 5.78 Å². The number of carboxylic acid groups (broad SMARTS) is 1. The van der Waals surface area contributed by atoms with Crippen LogP contribution in [0.4, 0.5) is 0 Å². The molecule has 0 heterocycles. The number of carbonyl (C=O) groups is 2. The molecule has 0 aliphatic rings. The number of hydrogen-bond donors (Lipinski definition) is 1. The van der Waals surface area contributed by atoms with Gasteiger partial charge in [0.05, 0.1) is 5.92 Å². The van der Waals surface area contributed by atoms with Crippen molar-refractivity contribution in [1.82, 2.24) is 0 Å². The average molecular weight is 206 g/mol. The van der Waals surface area contributed by atoms with E-state index in [4.69, 9.17) is 5.11 Å². The van der Waals surface area contributed by atoms with Crippen molar-refractivity contribution < 1.29 is 14.7 Å². The second-order valence-corrected chi connectivity index (χ2v) is 3.69. The van der Waals surface area contributed by atoms with Crippen molar-refractivity contribution in [2.45, 2.75) is 26.7 Å². The minimum absolute atomic E-state index is 0.00188. The molecule has 0 aromatic heterocycles. The molecule has 3 heteroatoms. The van der Waals surface area contributed by atoms with Gasteiger partial charge < -0.3 is 5.11 Å². The van der Waals surface area contributed by atoms with Crippen LogP contribution in [0.5, 0.6) is 0 Å². The predicted molar refractivity (Wildman–Crippen MR) is 57.2 cm³/mol. The van der Waals surface area contributed by atoms with Gasteiger partial charge in [0.1, 0.15) is 0 Å². The van der Waals surface area contributed by atoms with Crippen LogP contribution in [-0.2, 0) is 4.79 Å². The molecule has 1 N–H and O–H groups in total. The van der Waals surface area contributed by atoms with Gasteiger partial charge in [-0.05, 0) is 31.9 Å². The lowest BCUT2D eigenvalue weighted by atomic mass is 9.95. The molecule has 1 aromatic carbocycles. The van der Waals surface area contributed by atoms with Crippen LogP contribution in [-0.4, -0.2) is 16.9 Å². The molecular formula is C12H14O3. The van der Waals surface area contributed by atoms with Crippen LogP contribution in [0.15, 0.2) is 18.2 Å². The Morgan fingerprint density at radius 3 is 2.33 bits per heavy atom. The van der Waals surface area contributed by atoms with Crippen molar-refractivity contribution in [3.8, 4) is 0 Å². The van der Waals surface area contributed by atoms with Gasteiger partial charge in [0.2, 0.25) is 0 Å². The molecule has 0 aliphatic carbocycles. The third kappa shape index (κ3) is 2.43. The number of ketones is 1. The summed E-state index contributed by atoms with van der Waals surface area (Å²) in [6.45, 7) is 4.95. The van der Waals surface area contributed by atoms with Crippen molar-refractivity contribution >= 4 is 11.8 Å². The Balaban J connectivity index is 3.12. The number of rotatable bonds is 3. The summed E-state index contributed by atoms with van der Waals surface area (Å²) >= 11 is 0. The molecular weight excluding hydrogens is 192 g/mol. The third-order valence-corrected chi connectivity index (χ3v) is 2.50. The molecule has 0 saturated heterocycles. The first kappa shape index (κ1) is 11.4. The third-order valence-electron chi connectivity index (χ3n) is 2.50. The van der Waals surface area contributed by atoms with Crippen molar-refractivity contribution in [3.05, 3.63) is 34.9 Å². The fourth-order valence-corrected chi connectivity index (χ4v) is 1.49. The summed E-state index contributed by atoms with van der Waals surface area (Å²) in [5.74, 6) is -1.39. The number of benzene rings is 1. The predicted octanol–water partition coefficient (Wildman–Crippen LogP) is 2.39. The number of carbonyl (C=O) groups excluding carboxylic acids is 1. The monoisotopic (exact) mass is 206 g/mol. The lowest BCUT2D eigenvalue weighted by Crippen LogP contribution is -2.08. The largest absolute Gasteiger partial charge is 0.481 e. The van der Waals surface area contributed by atoms with Crippen molar-refractivity contribution in [3.63, 3.8) is 0 Å². The van der Waals surface area contributed by atoms with Gasteiger partial charge in [-0.15, -0.1) is 0 Å². The Morgan fingerprint density at radius 2 is 1.93 bits per heavy atom. The van der Waals surface area contributed by atoms with Gasteiger partial charge in [0, 0.05) is 5.56 Å². The maximum atomic E-state index is 11.2. The molecule has 1 rings (SSSR count). The molecule has 1 unspecified atom stereocenters. The summed E-state index contributed by atoms with van der Waals surface area (Å²) in [5.41, 5.74) is 2.20. The maximum absolute atomic E-state index is 11.2. The summed E-state index contributed by atoms with van der Waals surface area (Å²) in [6, 6.07) is 5.14. The van der Waals surface area contributed by atoms with E-state index in [9.17, 15) is 9.59 Å². The molecule has 80 valence electrons. The Hall–Kier alpha value is -1.64. The van der Waals surface area contributed by atoms with E-state index in [2.05, 4.69) is 0 Å². The lowest BCUT2D eigenvalue weighted by Gasteiger charge is -2.09. The Labute approximate surface area is 88.7 Å². The minimum atomic E-state index is -0.857. The number of carboxylic acids is 1. The van der Waals surface area contributed by atoms with Crippen LogP contribution in [0, 0.1) is 6.92 Å². The fourth-order valence-electron chi connectivity index (χ4n) is 1.49. The van der Waals surface area contributed by atoms with E-state index in [0.717, 1.165) is 11.1 Å². The molecule has 1 atom stereocenters. The highest BCUT2D eigenvalue weighted by Gasteiger charge is 2.14. The quantitative estimate of drug-likeness (QED) is 0.772. The number of Topliss-reactive ketones (excluding diaryl/α,β-unsaturated/α-hetero) is 1. The lowest BCUT2D eigenvalue weighted by molar-refractivity contribution is -0.138. The van der Waals surface area contributed by atoms with Crippen LogP contribution in [0.25, 0.3) is 0 Å². The topological polar surface area (TPSA) is 54.4 Å². The molecule has 3 nitrogen and oxygen atoms in total. The zero-order valence-electron chi connectivity index (χ0n) is 9.07. The summed E-state index contributed by atoms with van der Waals surface area (Å²) < 4.78 is 0. The van der Waals surface area contributed by atoms with E-state index in [-0.39, 0.29) is 5.78 Å². The van der Waals surface area contributed by atoms with E-state index >= 15 is 0 Å². The summed E-state index contributed by atoms with van der Waals surface area (Å²) in [4.78, 5) is 21.9. The zero-order chi connectivity index (χ0) is 11.6. The van der Waals surface area contributed by atoms with E-state index in [1.165, 1.54) is 6.92 Å². The Kier molecular flexibility index (Phi) is 3.24. The molecule has 0 fully saturated rings. The van der Waals surface area contributed by atoms with Crippen LogP contribution in [0.3, 0.4) is 0 Å². The van der Waals surface area contributed by atoms with Gasteiger partial charge in [-0.1, -0.05) is 18.2 Å². The Bertz CT molecular complexity index is 407. The van der Waals surface area contributed by atoms with E-state index in [1.54, 1.807) is 25.1 Å². The number of hydrogen-bond acceptors (Lipinski definition) is 2. The van der Waals surface area contributed by atoms with Crippen LogP contribution in [0.2, 0.25) is 0 Å². The summed E-state index contributed by atoms with van der Waals surface area (Å²) in [6.07, 6.45) is 0. The fraction of sp³-hybridized carbons (Fsp3) is 0.333. The first-order valence-corrected chi connectivity index (χ1v) is 4.77. The van der Waals surface area contributed by atoms with Gasteiger partial charge in [-0.2, -0.15) is 0 Å². The van der Waals surface area contributed by atoms with Crippen molar-refractivity contribution in [1.29, 1.82) is 0 Å². The van der Waals surface area contributed by atoms with E-state index < -0.39 is 11.9 Å². The molecule has 0 aliphatic heterocycles. The molecule has 0 saturated carbocycles. The van der Waals surface area contributed by atoms with Crippen LogP contribution in [0.1, 0.15) is 41.3 Å². The maximum Gasteiger partial charge on any atom is 0.310 e. The molecule has 0 spiro atoms. The molecule has 15 heavy (non-hydrogen) atoms. The number of aliphatic carboxylic acids is 1. The van der Waals surface area contributed by atoms with Gasteiger partial charge in [-0.25, -0.2) is 0 Å². The molecule has 0 radical (unpaired) electrons. The van der Waals surface area contributed by atoms with Crippen molar-refractivity contribution in [2.24, 2.45) is 0 Å². The highest BCUT2D eigenvalue weighted by Crippen LogP contribution is 2.19.